The molecule has 0 saturated heterocycles. The van der Waals surface area contributed by atoms with E-state index >= 15 is 0 Å². The molecule has 0 unspecified atom stereocenters. The summed E-state index contributed by atoms with van der Waals surface area (Å²) in [5, 5.41) is 2.60. The Kier molecular flexibility index (Phi) is 5.80. The quantitative estimate of drug-likeness (QED) is 0.897. The van der Waals surface area contributed by atoms with Crippen molar-refractivity contribution in [2.45, 2.75) is 13.1 Å². The molecule has 0 aliphatic heterocycles. The standard InChI is InChI=1S/C18H17F3N2O2/c1-13(24)23(16-5-3-2-4-6-16)12-11-22-17(25)14-7-9-15(10-8-14)18(19,20)21/h2-10H,11-12H2,1H3,(H,22,25). The Morgan fingerprint density at radius 3 is 2.12 bits per heavy atom. The monoisotopic (exact) mass is 350 g/mol. The molecule has 0 spiro atoms. The minimum absolute atomic E-state index is 0.127. The molecule has 7 heteroatoms. The molecule has 132 valence electrons. The van der Waals surface area contributed by atoms with E-state index in [1.165, 1.54) is 11.8 Å². The fourth-order valence-corrected chi connectivity index (χ4v) is 2.27. The van der Waals surface area contributed by atoms with Gasteiger partial charge in [-0.15, -0.1) is 0 Å². The third-order valence-electron chi connectivity index (χ3n) is 3.54. The van der Waals surface area contributed by atoms with E-state index in [2.05, 4.69) is 5.32 Å². The number of carbonyl (C=O) groups is 2. The Balaban J connectivity index is 1.94. The summed E-state index contributed by atoms with van der Waals surface area (Å²) < 4.78 is 37.5. The number of alkyl halides is 3. The molecule has 2 amide bonds. The van der Waals surface area contributed by atoms with Crippen LogP contribution in [0.1, 0.15) is 22.8 Å². The van der Waals surface area contributed by atoms with E-state index in [9.17, 15) is 22.8 Å². The first-order chi connectivity index (χ1) is 11.8. The molecule has 0 bridgehead atoms. The summed E-state index contributed by atoms with van der Waals surface area (Å²) in [4.78, 5) is 25.2. The van der Waals surface area contributed by atoms with Crippen molar-refractivity contribution in [3.05, 3.63) is 65.7 Å². The third-order valence-corrected chi connectivity index (χ3v) is 3.54. The van der Waals surface area contributed by atoms with Gasteiger partial charge >= 0.3 is 6.18 Å². The van der Waals surface area contributed by atoms with Gasteiger partial charge in [-0.1, -0.05) is 18.2 Å². The van der Waals surface area contributed by atoms with Crippen molar-refractivity contribution in [1.29, 1.82) is 0 Å². The van der Waals surface area contributed by atoms with Crippen molar-refractivity contribution < 1.29 is 22.8 Å². The summed E-state index contributed by atoms with van der Waals surface area (Å²) >= 11 is 0. The van der Waals surface area contributed by atoms with Crippen molar-refractivity contribution in [1.82, 2.24) is 5.32 Å². The van der Waals surface area contributed by atoms with Crippen LogP contribution in [0, 0.1) is 0 Å². The van der Waals surface area contributed by atoms with E-state index < -0.39 is 17.6 Å². The Bertz CT molecular complexity index is 728. The smallest absolute Gasteiger partial charge is 0.350 e. The topological polar surface area (TPSA) is 49.4 Å². The number of nitrogens with one attached hydrogen (secondary N) is 1. The summed E-state index contributed by atoms with van der Waals surface area (Å²) in [6.45, 7) is 1.85. The van der Waals surface area contributed by atoms with Crippen LogP contribution in [-0.2, 0) is 11.0 Å². The molecule has 0 fully saturated rings. The normalized spacial score (nSPS) is 11.0. The van der Waals surface area contributed by atoms with Crippen LogP contribution in [0.2, 0.25) is 0 Å². The fourth-order valence-electron chi connectivity index (χ4n) is 2.27. The van der Waals surface area contributed by atoms with Gasteiger partial charge in [-0.05, 0) is 36.4 Å². The van der Waals surface area contributed by atoms with Gasteiger partial charge in [-0.2, -0.15) is 13.2 Å². The fraction of sp³-hybridized carbons (Fsp3) is 0.222. The predicted octanol–water partition coefficient (Wildman–Crippen LogP) is 3.49. The first kappa shape index (κ1) is 18.5. The molecule has 1 N–H and O–H groups in total. The Morgan fingerprint density at radius 1 is 1.00 bits per heavy atom. The third kappa shape index (κ3) is 5.07. The van der Waals surface area contributed by atoms with Crippen LogP contribution in [0.3, 0.4) is 0 Å². The highest BCUT2D eigenvalue weighted by molar-refractivity contribution is 5.94. The van der Waals surface area contributed by atoms with Crippen LogP contribution in [-0.4, -0.2) is 24.9 Å². The predicted molar refractivity (Wildman–Crippen MR) is 88.2 cm³/mol. The lowest BCUT2D eigenvalue weighted by Gasteiger charge is -2.21. The first-order valence-corrected chi connectivity index (χ1v) is 7.57. The van der Waals surface area contributed by atoms with Gasteiger partial charge in [0.1, 0.15) is 0 Å². The van der Waals surface area contributed by atoms with Crippen molar-refractivity contribution in [3.63, 3.8) is 0 Å². The Morgan fingerprint density at radius 2 is 1.60 bits per heavy atom. The van der Waals surface area contributed by atoms with Gasteiger partial charge in [0.25, 0.3) is 5.91 Å². The summed E-state index contributed by atoms with van der Waals surface area (Å²) in [7, 11) is 0. The van der Waals surface area contributed by atoms with Crippen molar-refractivity contribution >= 4 is 17.5 Å². The molecule has 2 aromatic rings. The van der Waals surface area contributed by atoms with Crippen molar-refractivity contribution in [2.75, 3.05) is 18.0 Å². The van der Waals surface area contributed by atoms with E-state index in [0.717, 1.165) is 24.3 Å². The molecule has 0 aliphatic carbocycles. The number of amides is 2. The zero-order valence-electron chi connectivity index (χ0n) is 13.5. The minimum atomic E-state index is -4.44. The average molecular weight is 350 g/mol. The van der Waals surface area contributed by atoms with Crippen molar-refractivity contribution in [3.8, 4) is 0 Å². The highest BCUT2D eigenvalue weighted by Crippen LogP contribution is 2.29. The van der Waals surface area contributed by atoms with E-state index in [1.54, 1.807) is 24.3 Å². The molecular weight excluding hydrogens is 333 g/mol. The number of halogens is 3. The maximum Gasteiger partial charge on any atom is 0.416 e. The second-order valence-corrected chi connectivity index (χ2v) is 5.34. The average Bonchev–Trinajstić information content (AvgIpc) is 2.58. The summed E-state index contributed by atoms with van der Waals surface area (Å²) in [6, 6.07) is 12.9. The van der Waals surface area contributed by atoms with E-state index in [4.69, 9.17) is 0 Å². The largest absolute Gasteiger partial charge is 0.416 e. The van der Waals surface area contributed by atoms with Gasteiger partial charge in [-0.3, -0.25) is 9.59 Å². The van der Waals surface area contributed by atoms with Gasteiger partial charge in [0.15, 0.2) is 0 Å². The lowest BCUT2D eigenvalue weighted by molar-refractivity contribution is -0.137. The molecular formula is C18H17F3N2O2. The lowest BCUT2D eigenvalue weighted by atomic mass is 10.1. The highest BCUT2D eigenvalue weighted by atomic mass is 19.4. The molecule has 0 saturated carbocycles. The number of para-hydroxylation sites is 1. The first-order valence-electron chi connectivity index (χ1n) is 7.57. The molecule has 0 radical (unpaired) electrons. The van der Waals surface area contributed by atoms with Crippen LogP contribution in [0.15, 0.2) is 54.6 Å². The summed E-state index contributed by atoms with van der Waals surface area (Å²) in [5.41, 5.74) is 0.0248. The van der Waals surface area contributed by atoms with Crippen molar-refractivity contribution in [2.24, 2.45) is 0 Å². The molecule has 0 heterocycles. The van der Waals surface area contributed by atoms with Gasteiger partial charge < -0.3 is 10.2 Å². The Labute approximate surface area is 143 Å². The lowest BCUT2D eigenvalue weighted by Crippen LogP contribution is -2.37. The SMILES string of the molecule is CC(=O)N(CCNC(=O)c1ccc(C(F)(F)F)cc1)c1ccccc1. The number of rotatable bonds is 5. The van der Waals surface area contributed by atoms with Gasteiger partial charge in [0.05, 0.1) is 5.56 Å². The molecule has 25 heavy (non-hydrogen) atoms. The van der Waals surface area contributed by atoms with E-state index in [0.29, 0.717) is 5.69 Å². The number of hydrogen-bond donors (Lipinski definition) is 1. The zero-order chi connectivity index (χ0) is 18.4. The Hall–Kier alpha value is -2.83. The highest BCUT2D eigenvalue weighted by Gasteiger charge is 2.30. The van der Waals surface area contributed by atoms with Crippen LogP contribution < -0.4 is 10.2 Å². The van der Waals surface area contributed by atoms with Gasteiger partial charge in [0.2, 0.25) is 5.91 Å². The van der Waals surface area contributed by atoms with Crippen LogP contribution in [0.5, 0.6) is 0 Å². The summed E-state index contributed by atoms with van der Waals surface area (Å²) in [5.74, 6) is -0.666. The van der Waals surface area contributed by atoms with Crippen LogP contribution in [0.4, 0.5) is 18.9 Å². The molecule has 0 aliphatic rings. The minimum Gasteiger partial charge on any atom is -0.350 e. The second kappa shape index (κ2) is 7.83. The summed E-state index contributed by atoms with van der Waals surface area (Å²) in [6.07, 6.45) is -4.44. The number of carbonyl (C=O) groups excluding carboxylic acids is 2. The number of benzene rings is 2. The maximum absolute atomic E-state index is 12.5. The molecule has 0 atom stereocenters. The number of anilines is 1. The van der Waals surface area contributed by atoms with E-state index in [1.807, 2.05) is 6.07 Å². The molecule has 2 rings (SSSR count). The molecule has 0 aromatic heterocycles. The number of nitrogens with zero attached hydrogens (tertiary/aromatic N) is 1. The molecule has 2 aromatic carbocycles. The van der Waals surface area contributed by atoms with E-state index in [-0.39, 0.29) is 24.6 Å². The molecule has 4 nitrogen and oxygen atoms in total. The van der Waals surface area contributed by atoms with Gasteiger partial charge in [0, 0.05) is 31.3 Å². The van der Waals surface area contributed by atoms with Crippen LogP contribution in [0.25, 0.3) is 0 Å². The second-order valence-electron chi connectivity index (χ2n) is 5.34. The van der Waals surface area contributed by atoms with Crippen LogP contribution >= 0.6 is 0 Å². The maximum atomic E-state index is 12.5. The number of hydrogen-bond acceptors (Lipinski definition) is 2. The zero-order valence-corrected chi connectivity index (χ0v) is 13.5. The van der Waals surface area contributed by atoms with Gasteiger partial charge in [-0.25, -0.2) is 0 Å².